The van der Waals surface area contributed by atoms with Gasteiger partial charge in [-0.2, -0.15) is 0 Å². The van der Waals surface area contributed by atoms with Crippen LogP contribution in [0.4, 0.5) is 11.4 Å². The lowest BCUT2D eigenvalue weighted by atomic mass is 10.2. The Labute approximate surface area is 112 Å². The maximum atomic E-state index is 11.6. The molecule has 1 aromatic rings. The molecule has 0 bridgehead atoms. The number of carbonyl (C=O) groups excluding carboxylic acids is 1. The van der Waals surface area contributed by atoms with Crippen molar-refractivity contribution < 1.29 is 17.9 Å². The molecule has 0 fully saturated rings. The Balaban J connectivity index is 2.72. The molecule has 0 radical (unpaired) electrons. The SMILES string of the molecule is CCCS(=O)(=O)CC(=O)Nc1ccc(OC)cc1N. The first kappa shape index (κ1) is 15.3. The molecular weight excluding hydrogens is 268 g/mol. The standard InChI is InChI=1S/C12H18N2O4S/c1-3-6-19(16,17)8-12(15)14-11-5-4-9(18-2)7-10(11)13/h4-5,7H,3,6,8,13H2,1-2H3,(H,14,15). The third-order valence-electron chi connectivity index (χ3n) is 2.40. The van der Waals surface area contributed by atoms with Gasteiger partial charge in [0.1, 0.15) is 11.5 Å². The van der Waals surface area contributed by atoms with Gasteiger partial charge in [-0.25, -0.2) is 8.42 Å². The molecule has 0 aliphatic heterocycles. The summed E-state index contributed by atoms with van der Waals surface area (Å²) in [6.45, 7) is 1.75. The molecule has 1 rings (SSSR count). The first-order chi connectivity index (χ1) is 8.88. The van der Waals surface area contributed by atoms with Gasteiger partial charge in [-0.1, -0.05) is 6.92 Å². The van der Waals surface area contributed by atoms with Crippen molar-refractivity contribution in [3.8, 4) is 5.75 Å². The van der Waals surface area contributed by atoms with Crippen LogP contribution in [0.2, 0.25) is 0 Å². The number of nitrogens with one attached hydrogen (secondary N) is 1. The lowest BCUT2D eigenvalue weighted by molar-refractivity contribution is -0.113. The molecule has 0 spiro atoms. The number of rotatable bonds is 6. The predicted octanol–water partition coefficient (Wildman–Crippen LogP) is 1.04. The van der Waals surface area contributed by atoms with E-state index < -0.39 is 21.5 Å². The van der Waals surface area contributed by atoms with Crippen molar-refractivity contribution in [2.24, 2.45) is 0 Å². The number of anilines is 2. The monoisotopic (exact) mass is 286 g/mol. The van der Waals surface area contributed by atoms with Crippen molar-refractivity contribution in [2.75, 3.05) is 29.7 Å². The van der Waals surface area contributed by atoms with Crippen LogP contribution in [0.15, 0.2) is 18.2 Å². The van der Waals surface area contributed by atoms with E-state index in [0.29, 0.717) is 23.5 Å². The molecule has 1 amide bonds. The highest BCUT2D eigenvalue weighted by molar-refractivity contribution is 7.92. The lowest BCUT2D eigenvalue weighted by Gasteiger charge is -2.09. The summed E-state index contributed by atoms with van der Waals surface area (Å²) >= 11 is 0. The van der Waals surface area contributed by atoms with Crippen LogP contribution in [0.3, 0.4) is 0 Å². The van der Waals surface area contributed by atoms with E-state index in [0.717, 1.165) is 0 Å². The molecule has 7 heteroatoms. The van der Waals surface area contributed by atoms with Gasteiger partial charge in [0.25, 0.3) is 0 Å². The van der Waals surface area contributed by atoms with Gasteiger partial charge in [-0.15, -0.1) is 0 Å². The van der Waals surface area contributed by atoms with Gasteiger partial charge in [0.05, 0.1) is 24.2 Å². The van der Waals surface area contributed by atoms with Gasteiger partial charge in [0.2, 0.25) is 5.91 Å². The van der Waals surface area contributed by atoms with E-state index in [-0.39, 0.29) is 5.75 Å². The lowest BCUT2D eigenvalue weighted by Crippen LogP contribution is -2.24. The van der Waals surface area contributed by atoms with Gasteiger partial charge in [-0.05, 0) is 18.6 Å². The summed E-state index contributed by atoms with van der Waals surface area (Å²) in [4.78, 5) is 11.6. The number of hydrogen-bond acceptors (Lipinski definition) is 5. The zero-order chi connectivity index (χ0) is 14.5. The second-order valence-electron chi connectivity index (χ2n) is 4.09. The van der Waals surface area contributed by atoms with Gasteiger partial charge >= 0.3 is 0 Å². The van der Waals surface area contributed by atoms with E-state index in [1.165, 1.54) is 7.11 Å². The summed E-state index contributed by atoms with van der Waals surface area (Å²) in [6, 6.07) is 4.75. The largest absolute Gasteiger partial charge is 0.497 e. The van der Waals surface area contributed by atoms with Gasteiger partial charge < -0.3 is 15.8 Å². The Morgan fingerprint density at radius 3 is 2.63 bits per heavy atom. The van der Waals surface area contributed by atoms with Crippen molar-refractivity contribution in [1.82, 2.24) is 0 Å². The topological polar surface area (TPSA) is 98.5 Å². The minimum Gasteiger partial charge on any atom is -0.497 e. The van der Waals surface area contributed by atoms with E-state index in [9.17, 15) is 13.2 Å². The van der Waals surface area contributed by atoms with Crippen LogP contribution in [0, 0.1) is 0 Å². The fraction of sp³-hybridized carbons (Fsp3) is 0.417. The molecule has 6 nitrogen and oxygen atoms in total. The summed E-state index contributed by atoms with van der Waals surface area (Å²) in [5.41, 5.74) is 6.42. The zero-order valence-corrected chi connectivity index (χ0v) is 11.8. The minimum absolute atomic E-state index is 0.00147. The molecular formula is C12H18N2O4S. The summed E-state index contributed by atoms with van der Waals surface area (Å²) in [7, 11) is -1.85. The van der Waals surface area contributed by atoms with Crippen molar-refractivity contribution in [3.63, 3.8) is 0 Å². The summed E-state index contributed by atoms with van der Waals surface area (Å²) in [6.07, 6.45) is 0.486. The van der Waals surface area contributed by atoms with Crippen molar-refractivity contribution in [2.45, 2.75) is 13.3 Å². The predicted molar refractivity (Wildman–Crippen MR) is 75.0 cm³/mol. The van der Waals surface area contributed by atoms with E-state index in [1.807, 2.05) is 0 Å². The van der Waals surface area contributed by atoms with Gasteiger partial charge in [0.15, 0.2) is 9.84 Å². The van der Waals surface area contributed by atoms with E-state index in [2.05, 4.69) is 5.32 Å². The number of sulfone groups is 1. The number of methoxy groups -OCH3 is 1. The second-order valence-corrected chi connectivity index (χ2v) is 6.28. The van der Waals surface area contributed by atoms with Crippen molar-refractivity contribution in [3.05, 3.63) is 18.2 Å². The molecule has 19 heavy (non-hydrogen) atoms. The molecule has 3 N–H and O–H groups in total. The number of ether oxygens (including phenoxy) is 1. The average Bonchev–Trinajstić information content (AvgIpc) is 2.30. The van der Waals surface area contributed by atoms with E-state index in [1.54, 1.807) is 25.1 Å². The van der Waals surface area contributed by atoms with E-state index >= 15 is 0 Å². The highest BCUT2D eigenvalue weighted by atomic mass is 32.2. The Kier molecular flexibility index (Phi) is 5.17. The quantitative estimate of drug-likeness (QED) is 0.761. The average molecular weight is 286 g/mol. The molecule has 0 aromatic heterocycles. The molecule has 1 aromatic carbocycles. The van der Waals surface area contributed by atoms with Crippen LogP contribution in [-0.4, -0.2) is 32.9 Å². The molecule has 0 aliphatic carbocycles. The third kappa shape index (κ3) is 4.78. The van der Waals surface area contributed by atoms with Crippen LogP contribution in [0.5, 0.6) is 5.75 Å². The van der Waals surface area contributed by atoms with Crippen LogP contribution < -0.4 is 15.8 Å². The van der Waals surface area contributed by atoms with Crippen LogP contribution in [0.1, 0.15) is 13.3 Å². The Hall–Kier alpha value is -1.76. The van der Waals surface area contributed by atoms with E-state index in [4.69, 9.17) is 10.5 Å². The van der Waals surface area contributed by atoms with Crippen LogP contribution in [0.25, 0.3) is 0 Å². The maximum absolute atomic E-state index is 11.6. The fourth-order valence-corrected chi connectivity index (χ4v) is 2.79. The maximum Gasteiger partial charge on any atom is 0.239 e. The highest BCUT2D eigenvalue weighted by Crippen LogP contribution is 2.23. The molecule has 106 valence electrons. The summed E-state index contributed by atoms with van der Waals surface area (Å²) < 4.78 is 28.0. The number of amides is 1. The Morgan fingerprint density at radius 2 is 2.11 bits per heavy atom. The first-order valence-corrected chi connectivity index (χ1v) is 7.64. The number of nitrogens with two attached hydrogens (primary N) is 1. The Bertz CT molecular complexity index is 555. The molecule has 0 saturated heterocycles. The molecule has 0 unspecified atom stereocenters. The smallest absolute Gasteiger partial charge is 0.239 e. The first-order valence-electron chi connectivity index (χ1n) is 5.81. The molecule has 0 aliphatic rings. The third-order valence-corrected chi connectivity index (χ3v) is 4.13. The van der Waals surface area contributed by atoms with Crippen molar-refractivity contribution >= 4 is 27.1 Å². The van der Waals surface area contributed by atoms with Crippen molar-refractivity contribution in [1.29, 1.82) is 0 Å². The number of carbonyl (C=O) groups is 1. The normalized spacial score (nSPS) is 11.1. The zero-order valence-electron chi connectivity index (χ0n) is 11.0. The number of benzene rings is 1. The summed E-state index contributed by atoms with van der Waals surface area (Å²) in [5.74, 6) is -0.565. The molecule has 0 saturated carbocycles. The van der Waals surface area contributed by atoms with Crippen LogP contribution >= 0.6 is 0 Å². The van der Waals surface area contributed by atoms with Gasteiger partial charge in [-0.3, -0.25) is 4.79 Å². The fourth-order valence-electron chi connectivity index (χ4n) is 1.55. The van der Waals surface area contributed by atoms with Gasteiger partial charge in [0, 0.05) is 6.07 Å². The second kappa shape index (κ2) is 6.42. The minimum atomic E-state index is -3.35. The van der Waals surface area contributed by atoms with Crippen LogP contribution in [-0.2, 0) is 14.6 Å². The number of nitrogen functional groups attached to an aromatic ring is 1. The molecule has 0 heterocycles. The molecule has 0 atom stereocenters. The summed E-state index contributed by atoms with van der Waals surface area (Å²) in [5, 5.41) is 2.48. The Morgan fingerprint density at radius 1 is 1.42 bits per heavy atom. The highest BCUT2D eigenvalue weighted by Gasteiger charge is 2.16. The number of hydrogen-bond donors (Lipinski definition) is 2.